The fraction of sp³-hybridized carbons (Fsp3) is 0.250. The lowest BCUT2D eigenvalue weighted by molar-refractivity contribution is 0.0699. The van der Waals surface area contributed by atoms with Gasteiger partial charge < -0.3 is 14.7 Å². The van der Waals surface area contributed by atoms with Crippen molar-refractivity contribution in [3.05, 3.63) is 91.3 Å². The van der Waals surface area contributed by atoms with Crippen LogP contribution in [0.15, 0.2) is 52.6 Å². The fourth-order valence-electron chi connectivity index (χ4n) is 5.17. The molecule has 0 unspecified atom stereocenters. The van der Waals surface area contributed by atoms with E-state index < -0.39 is 5.97 Å². The number of nitriles is 1. The van der Waals surface area contributed by atoms with Crippen LogP contribution in [-0.4, -0.2) is 52.8 Å². The Morgan fingerprint density at radius 3 is 2.64 bits per heavy atom. The minimum absolute atomic E-state index is 0.157. The molecule has 0 saturated carbocycles. The van der Waals surface area contributed by atoms with Gasteiger partial charge in [0.2, 0.25) is 0 Å². The molecule has 0 aliphatic rings. The SMILES string of the molecule is Cc1ccc(-c2cc(Cl)ccc2OCCn2c(C)nc3ccc(CCN(C)C)c(C#N)c3c2=O)c2scc(C(=O)O)c12. The molecule has 0 fully saturated rings. The number of benzene rings is 3. The highest BCUT2D eigenvalue weighted by molar-refractivity contribution is 7.18. The van der Waals surface area contributed by atoms with Crippen LogP contribution < -0.4 is 10.3 Å². The van der Waals surface area contributed by atoms with E-state index >= 15 is 0 Å². The number of likely N-dealkylation sites (N-methyl/N-ethyl adjacent to an activating group) is 1. The first kappa shape index (κ1) is 29.3. The third-order valence-corrected chi connectivity index (χ3v) is 8.55. The number of rotatable bonds is 9. The first-order valence-electron chi connectivity index (χ1n) is 13.4. The highest BCUT2D eigenvalue weighted by Gasteiger charge is 2.19. The maximum atomic E-state index is 13.7. The highest BCUT2D eigenvalue weighted by atomic mass is 35.5. The number of carbonyl (C=O) groups is 1. The van der Waals surface area contributed by atoms with Gasteiger partial charge in [-0.2, -0.15) is 5.26 Å². The smallest absolute Gasteiger partial charge is 0.337 e. The Balaban J connectivity index is 1.49. The van der Waals surface area contributed by atoms with Crippen molar-refractivity contribution in [3.63, 3.8) is 0 Å². The number of carboxylic acids is 1. The Kier molecular flexibility index (Phi) is 8.32. The molecule has 1 N–H and O–H groups in total. The summed E-state index contributed by atoms with van der Waals surface area (Å²) in [6.45, 7) is 4.78. The van der Waals surface area contributed by atoms with Gasteiger partial charge in [0.1, 0.15) is 24.3 Å². The van der Waals surface area contributed by atoms with Crippen molar-refractivity contribution in [3.8, 4) is 22.9 Å². The van der Waals surface area contributed by atoms with Gasteiger partial charge >= 0.3 is 5.97 Å². The second-order valence-electron chi connectivity index (χ2n) is 10.4. The molecule has 2 heterocycles. The highest BCUT2D eigenvalue weighted by Crippen LogP contribution is 2.41. The van der Waals surface area contributed by atoms with Gasteiger partial charge in [0.15, 0.2) is 0 Å². The predicted molar refractivity (Wildman–Crippen MR) is 167 cm³/mol. The minimum Gasteiger partial charge on any atom is -0.491 e. The molecule has 8 nitrogen and oxygen atoms in total. The van der Waals surface area contributed by atoms with Gasteiger partial charge in [-0.05, 0) is 69.8 Å². The molecule has 0 radical (unpaired) electrons. The maximum absolute atomic E-state index is 13.7. The van der Waals surface area contributed by atoms with Crippen LogP contribution in [0.5, 0.6) is 5.75 Å². The summed E-state index contributed by atoms with van der Waals surface area (Å²) in [5.74, 6) is 0.105. The normalized spacial score (nSPS) is 11.4. The Bertz CT molecular complexity index is 1960. The molecular formula is C32H29ClN4O4S. The molecule has 42 heavy (non-hydrogen) atoms. The number of aromatic carboxylic acids is 1. The molecule has 0 amide bonds. The molecule has 10 heteroatoms. The molecule has 5 aromatic rings. The van der Waals surface area contributed by atoms with Crippen LogP contribution in [-0.2, 0) is 13.0 Å². The van der Waals surface area contributed by atoms with Crippen LogP contribution in [0.4, 0.5) is 0 Å². The summed E-state index contributed by atoms with van der Waals surface area (Å²) in [5.41, 5.74) is 4.08. The van der Waals surface area contributed by atoms with E-state index in [1.165, 1.54) is 15.9 Å². The van der Waals surface area contributed by atoms with Crippen LogP contribution in [0.1, 0.15) is 32.9 Å². The van der Waals surface area contributed by atoms with Crippen molar-refractivity contribution in [2.75, 3.05) is 27.2 Å². The van der Waals surface area contributed by atoms with Crippen LogP contribution >= 0.6 is 22.9 Å². The number of ether oxygens (including phenoxy) is 1. The molecule has 0 atom stereocenters. The Morgan fingerprint density at radius 2 is 1.93 bits per heavy atom. The van der Waals surface area contributed by atoms with Gasteiger partial charge in [0.05, 0.1) is 28.6 Å². The van der Waals surface area contributed by atoms with Crippen molar-refractivity contribution >= 4 is 49.9 Å². The molecule has 214 valence electrons. The molecule has 5 rings (SSSR count). The number of carboxylic acid groups (broad SMARTS) is 1. The van der Waals surface area contributed by atoms with Crippen molar-refractivity contribution < 1.29 is 14.6 Å². The van der Waals surface area contributed by atoms with Gasteiger partial charge in [-0.3, -0.25) is 9.36 Å². The number of hydrogen-bond acceptors (Lipinski definition) is 7. The van der Waals surface area contributed by atoms with E-state index in [1.807, 2.05) is 44.1 Å². The van der Waals surface area contributed by atoms with Crippen molar-refractivity contribution in [2.45, 2.75) is 26.8 Å². The topological polar surface area (TPSA) is 108 Å². The number of fused-ring (bicyclic) bond motifs is 2. The first-order chi connectivity index (χ1) is 20.1. The maximum Gasteiger partial charge on any atom is 0.337 e. The van der Waals surface area contributed by atoms with E-state index in [1.54, 1.807) is 36.6 Å². The van der Waals surface area contributed by atoms with Gasteiger partial charge in [0, 0.05) is 38.2 Å². The van der Waals surface area contributed by atoms with E-state index in [0.29, 0.717) is 44.9 Å². The second kappa shape index (κ2) is 11.9. The summed E-state index contributed by atoms with van der Waals surface area (Å²) < 4.78 is 8.59. The molecule has 0 aliphatic heterocycles. The lowest BCUT2D eigenvalue weighted by Crippen LogP contribution is -2.27. The molecule has 0 spiro atoms. The van der Waals surface area contributed by atoms with E-state index in [-0.39, 0.29) is 24.3 Å². The van der Waals surface area contributed by atoms with E-state index in [9.17, 15) is 20.0 Å². The summed E-state index contributed by atoms with van der Waals surface area (Å²) in [4.78, 5) is 32.2. The molecular weight excluding hydrogens is 572 g/mol. The van der Waals surface area contributed by atoms with Crippen LogP contribution in [0.3, 0.4) is 0 Å². The number of hydrogen-bond donors (Lipinski definition) is 1. The summed E-state index contributed by atoms with van der Waals surface area (Å²) in [7, 11) is 3.93. The molecule has 0 aliphatic carbocycles. The molecule has 0 saturated heterocycles. The number of thiophene rings is 1. The first-order valence-corrected chi connectivity index (χ1v) is 14.6. The Hall–Kier alpha value is -4.23. The molecule has 0 bridgehead atoms. The number of aryl methyl sites for hydroxylation is 2. The summed E-state index contributed by atoms with van der Waals surface area (Å²) in [6, 6.07) is 15.1. The van der Waals surface area contributed by atoms with E-state index in [4.69, 9.17) is 16.3 Å². The lowest BCUT2D eigenvalue weighted by Gasteiger charge is -2.16. The van der Waals surface area contributed by atoms with Gasteiger partial charge in [-0.25, -0.2) is 9.78 Å². The summed E-state index contributed by atoms with van der Waals surface area (Å²) in [5, 5.41) is 22.8. The second-order valence-corrected chi connectivity index (χ2v) is 11.7. The third-order valence-electron chi connectivity index (χ3n) is 7.31. The zero-order valence-electron chi connectivity index (χ0n) is 23.7. The predicted octanol–water partition coefficient (Wildman–Crippen LogP) is 6.30. The lowest BCUT2D eigenvalue weighted by atomic mass is 9.98. The average molecular weight is 601 g/mol. The average Bonchev–Trinajstić information content (AvgIpc) is 3.41. The summed E-state index contributed by atoms with van der Waals surface area (Å²) in [6.07, 6.45) is 0.645. The van der Waals surface area contributed by atoms with Crippen molar-refractivity contribution in [1.82, 2.24) is 14.5 Å². The minimum atomic E-state index is -0.974. The standard InChI is InChI=1S/C32H29ClN4O4S/c1-18-5-8-22(30-28(18)25(17-42-30)32(39)40)23-15-21(33)7-10-27(23)41-14-13-37-19(2)35-26-9-6-20(11-12-36(3)4)24(16-34)29(26)31(37)38/h5-10,15,17H,11-14H2,1-4H3,(H,39,40). The Labute approximate surface area is 252 Å². The number of halogens is 1. The molecule has 3 aromatic carbocycles. The largest absolute Gasteiger partial charge is 0.491 e. The quantitative estimate of drug-likeness (QED) is 0.211. The fourth-order valence-corrected chi connectivity index (χ4v) is 6.49. The van der Waals surface area contributed by atoms with Crippen LogP contribution in [0.25, 0.3) is 32.1 Å². The monoisotopic (exact) mass is 600 g/mol. The van der Waals surface area contributed by atoms with Crippen LogP contribution in [0, 0.1) is 25.2 Å². The summed E-state index contributed by atoms with van der Waals surface area (Å²) >= 11 is 7.75. The van der Waals surface area contributed by atoms with Crippen molar-refractivity contribution in [1.29, 1.82) is 5.26 Å². The number of aromatic nitrogens is 2. The Morgan fingerprint density at radius 1 is 1.14 bits per heavy atom. The van der Waals surface area contributed by atoms with E-state index in [0.717, 1.165) is 33.5 Å². The van der Waals surface area contributed by atoms with Crippen LogP contribution in [0.2, 0.25) is 5.02 Å². The molecule has 2 aromatic heterocycles. The zero-order chi connectivity index (χ0) is 30.1. The third kappa shape index (κ3) is 5.49. The number of nitrogens with zero attached hydrogens (tertiary/aromatic N) is 4. The van der Waals surface area contributed by atoms with Gasteiger partial charge in [0.25, 0.3) is 5.56 Å². The van der Waals surface area contributed by atoms with Gasteiger partial charge in [-0.1, -0.05) is 29.8 Å². The van der Waals surface area contributed by atoms with E-state index in [2.05, 4.69) is 11.1 Å². The zero-order valence-corrected chi connectivity index (χ0v) is 25.3. The van der Waals surface area contributed by atoms with Gasteiger partial charge in [-0.15, -0.1) is 11.3 Å². The van der Waals surface area contributed by atoms with Crippen molar-refractivity contribution in [2.24, 2.45) is 0 Å².